The summed E-state index contributed by atoms with van der Waals surface area (Å²) in [6, 6.07) is 14.3. The molecule has 0 radical (unpaired) electrons. The zero-order chi connectivity index (χ0) is 16.2. The molecular formula is C16H11Cl2N3O2. The standard InChI is InChI=1S/C16H11Cl2N3O2/c17-11-6-7-12(13(18)9-11)15-20-21-16(23-15)19-14(22)8-10-4-2-1-3-5-10/h1-7,9H,8H2,(H,19,21,22). The first kappa shape index (κ1) is 15.5. The van der Waals surface area contributed by atoms with Crippen molar-refractivity contribution in [3.8, 4) is 11.5 Å². The van der Waals surface area contributed by atoms with Crippen molar-refractivity contribution in [2.24, 2.45) is 0 Å². The van der Waals surface area contributed by atoms with E-state index in [1.807, 2.05) is 30.3 Å². The SMILES string of the molecule is O=C(Cc1ccccc1)Nc1nnc(-c2ccc(Cl)cc2Cl)o1. The van der Waals surface area contributed by atoms with Gasteiger partial charge in [0.25, 0.3) is 5.89 Å². The Balaban J connectivity index is 1.71. The minimum atomic E-state index is -0.242. The Bertz CT molecular complexity index is 834. The molecule has 3 aromatic rings. The number of nitrogens with zero attached hydrogens (tertiary/aromatic N) is 2. The van der Waals surface area contributed by atoms with Gasteiger partial charge in [-0.25, -0.2) is 0 Å². The highest BCUT2D eigenvalue weighted by molar-refractivity contribution is 6.36. The molecule has 0 saturated carbocycles. The zero-order valence-electron chi connectivity index (χ0n) is 11.8. The fourth-order valence-corrected chi connectivity index (χ4v) is 2.48. The molecule has 0 fully saturated rings. The first-order valence-corrected chi connectivity index (χ1v) is 7.50. The number of anilines is 1. The third kappa shape index (κ3) is 3.88. The summed E-state index contributed by atoms with van der Waals surface area (Å²) >= 11 is 11.9. The number of hydrogen-bond donors (Lipinski definition) is 1. The maximum atomic E-state index is 12.0. The average Bonchev–Trinajstić information content (AvgIpc) is 2.96. The van der Waals surface area contributed by atoms with Gasteiger partial charge in [0.15, 0.2) is 0 Å². The molecular weight excluding hydrogens is 337 g/mol. The molecule has 0 aliphatic heterocycles. The summed E-state index contributed by atoms with van der Waals surface area (Å²) in [6.45, 7) is 0. The molecule has 0 bridgehead atoms. The highest BCUT2D eigenvalue weighted by atomic mass is 35.5. The Morgan fingerprint density at radius 3 is 2.61 bits per heavy atom. The van der Waals surface area contributed by atoms with Crippen molar-refractivity contribution in [1.82, 2.24) is 10.2 Å². The van der Waals surface area contributed by atoms with Crippen LogP contribution in [0.25, 0.3) is 11.5 Å². The van der Waals surface area contributed by atoms with Crippen LogP contribution in [-0.4, -0.2) is 16.1 Å². The van der Waals surface area contributed by atoms with Crippen molar-refractivity contribution >= 4 is 35.1 Å². The van der Waals surface area contributed by atoms with Gasteiger partial charge in [0.05, 0.1) is 17.0 Å². The lowest BCUT2D eigenvalue weighted by atomic mass is 10.1. The van der Waals surface area contributed by atoms with Gasteiger partial charge < -0.3 is 4.42 Å². The van der Waals surface area contributed by atoms with E-state index >= 15 is 0 Å². The molecule has 5 nitrogen and oxygen atoms in total. The van der Waals surface area contributed by atoms with E-state index in [2.05, 4.69) is 15.5 Å². The van der Waals surface area contributed by atoms with E-state index in [9.17, 15) is 4.79 Å². The third-order valence-electron chi connectivity index (χ3n) is 3.04. The maximum Gasteiger partial charge on any atom is 0.322 e. The molecule has 1 aromatic heterocycles. The van der Waals surface area contributed by atoms with Crippen molar-refractivity contribution < 1.29 is 9.21 Å². The first-order chi connectivity index (χ1) is 11.1. The molecule has 23 heavy (non-hydrogen) atoms. The van der Waals surface area contributed by atoms with Gasteiger partial charge in [-0.15, -0.1) is 5.10 Å². The van der Waals surface area contributed by atoms with E-state index in [0.717, 1.165) is 5.56 Å². The van der Waals surface area contributed by atoms with Crippen LogP contribution in [0, 0.1) is 0 Å². The number of nitrogens with one attached hydrogen (secondary N) is 1. The molecule has 0 aliphatic carbocycles. The summed E-state index contributed by atoms with van der Waals surface area (Å²) < 4.78 is 5.42. The second kappa shape index (κ2) is 6.81. The lowest BCUT2D eigenvalue weighted by Gasteiger charge is -2.01. The molecule has 7 heteroatoms. The summed E-state index contributed by atoms with van der Waals surface area (Å²) in [4.78, 5) is 12.0. The predicted molar refractivity (Wildman–Crippen MR) is 88.5 cm³/mol. The first-order valence-electron chi connectivity index (χ1n) is 6.74. The van der Waals surface area contributed by atoms with Gasteiger partial charge in [0.2, 0.25) is 5.91 Å². The van der Waals surface area contributed by atoms with Gasteiger partial charge in [-0.2, -0.15) is 0 Å². The van der Waals surface area contributed by atoms with Crippen LogP contribution in [0.4, 0.5) is 6.01 Å². The van der Waals surface area contributed by atoms with Crippen molar-refractivity contribution in [2.75, 3.05) is 5.32 Å². The Morgan fingerprint density at radius 1 is 1.09 bits per heavy atom. The van der Waals surface area contributed by atoms with Crippen molar-refractivity contribution in [1.29, 1.82) is 0 Å². The molecule has 0 aliphatic rings. The summed E-state index contributed by atoms with van der Waals surface area (Å²) in [5.41, 5.74) is 1.44. The number of amides is 1. The van der Waals surface area contributed by atoms with Crippen LogP contribution in [0.3, 0.4) is 0 Å². The molecule has 1 N–H and O–H groups in total. The second-order valence-electron chi connectivity index (χ2n) is 4.75. The smallest absolute Gasteiger partial charge is 0.322 e. The van der Waals surface area contributed by atoms with Crippen LogP contribution in [0.1, 0.15) is 5.56 Å². The number of benzene rings is 2. The van der Waals surface area contributed by atoms with Gasteiger partial charge in [-0.1, -0.05) is 58.6 Å². The highest BCUT2D eigenvalue weighted by Gasteiger charge is 2.14. The van der Waals surface area contributed by atoms with Crippen LogP contribution in [-0.2, 0) is 11.2 Å². The molecule has 116 valence electrons. The van der Waals surface area contributed by atoms with E-state index in [1.165, 1.54) is 0 Å². The maximum absolute atomic E-state index is 12.0. The second-order valence-corrected chi connectivity index (χ2v) is 5.59. The number of carbonyl (C=O) groups excluding carboxylic acids is 1. The third-order valence-corrected chi connectivity index (χ3v) is 3.59. The molecule has 0 atom stereocenters. The summed E-state index contributed by atoms with van der Waals surface area (Å²) in [7, 11) is 0. The monoisotopic (exact) mass is 347 g/mol. The molecule has 2 aromatic carbocycles. The van der Waals surface area contributed by atoms with Crippen LogP contribution in [0.15, 0.2) is 52.9 Å². The minimum Gasteiger partial charge on any atom is -0.403 e. The van der Waals surface area contributed by atoms with Crippen LogP contribution >= 0.6 is 23.2 Å². The molecule has 0 saturated heterocycles. The Kier molecular flexibility index (Phi) is 4.60. The summed E-state index contributed by atoms with van der Waals surface area (Å²) in [5.74, 6) is -0.0321. The Hall–Kier alpha value is -2.37. The van der Waals surface area contributed by atoms with E-state index in [1.54, 1.807) is 18.2 Å². The quantitative estimate of drug-likeness (QED) is 0.766. The number of hydrogen-bond acceptors (Lipinski definition) is 4. The normalized spacial score (nSPS) is 10.5. The van der Waals surface area contributed by atoms with Crippen LogP contribution in [0.2, 0.25) is 10.0 Å². The van der Waals surface area contributed by atoms with Gasteiger partial charge >= 0.3 is 6.01 Å². The Labute approximate surface area is 142 Å². The lowest BCUT2D eigenvalue weighted by Crippen LogP contribution is -2.14. The van der Waals surface area contributed by atoms with E-state index in [0.29, 0.717) is 15.6 Å². The van der Waals surface area contributed by atoms with Crippen LogP contribution in [0.5, 0.6) is 0 Å². The van der Waals surface area contributed by atoms with Crippen LogP contribution < -0.4 is 5.32 Å². The Morgan fingerprint density at radius 2 is 1.87 bits per heavy atom. The van der Waals surface area contributed by atoms with Gasteiger partial charge in [-0.05, 0) is 23.8 Å². The van der Waals surface area contributed by atoms with E-state index in [-0.39, 0.29) is 24.2 Å². The van der Waals surface area contributed by atoms with Gasteiger partial charge in [-0.3, -0.25) is 10.1 Å². The molecule has 1 heterocycles. The van der Waals surface area contributed by atoms with Crippen molar-refractivity contribution in [2.45, 2.75) is 6.42 Å². The fraction of sp³-hybridized carbons (Fsp3) is 0.0625. The molecule has 0 unspecified atom stereocenters. The highest BCUT2D eigenvalue weighted by Crippen LogP contribution is 2.30. The van der Waals surface area contributed by atoms with Crippen molar-refractivity contribution in [3.63, 3.8) is 0 Å². The summed E-state index contributed by atoms with van der Waals surface area (Å²) in [6.07, 6.45) is 0.222. The number of aromatic nitrogens is 2. The molecule has 1 amide bonds. The van der Waals surface area contributed by atoms with Crippen molar-refractivity contribution in [3.05, 3.63) is 64.1 Å². The van der Waals surface area contributed by atoms with E-state index < -0.39 is 0 Å². The minimum absolute atomic E-state index is 0.0203. The zero-order valence-corrected chi connectivity index (χ0v) is 13.3. The predicted octanol–water partition coefficient (Wildman–Crippen LogP) is 4.22. The fourth-order valence-electron chi connectivity index (χ4n) is 1.99. The number of rotatable bonds is 4. The largest absolute Gasteiger partial charge is 0.403 e. The summed E-state index contributed by atoms with van der Waals surface area (Å²) in [5, 5.41) is 11.1. The van der Waals surface area contributed by atoms with Gasteiger partial charge in [0.1, 0.15) is 0 Å². The van der Waals surface area contributed by atoms with Gasteiger partial charge in [0, 0.05) is 5.02 Å². The topological polar surface area (TPSA) is 68.0 Å². The molecule has 0 spiro atoms. The number of carbonyl (C=O) groups is 1. The van der Waals surface area contributed by atoms with E-state index in [4.69, 9.17) is 27.6 Å². The number of halogens is 2. The lowest BCUT2D eigenvalue weighted by molar-refractivity contribution is -0.115. The average molecular weight is 348 g/mol. The molecule has 3 rings (SSSR count).